The molecule has 0 bridgehead atoms. The Kier molecular flexibility index (Phi) is 4.47. The van der Waals surface area contributed by atoms with E-state index in [4.69, 9.17) is 4.74 Å². The molecule has 86 valence electrons. The highest BCUT2D eigenvalue weighted by Crippen LogP contribution is 2.08. The molecule has 0 radical (unpaired) electrons. The number of hydrogen-bond acceptors (Lipinski definition) is 5. The zero-order valence-corrected chi connectivity index (χ0v) is 9.06. The molecule has 5 heteroatoms. The summed E-state index contributed by atoms with van der Waals surface area (Å²) in [5.41, 5.74) is 0.578. The molecule has 0 aliphatic carbocycles. The smallest absolute Gasteiger partial charge is 0.340 e. The van der Waals surface area contributed by atoms with Gasteiger partial charge < -0.3 is 14.2 Å². The van der Waals surface area contributed by atoms with Crippen LogP contribution in [0.1, 0.15) is 20.7 Å². The molecule has 0 unspecified atom stereocenters. The molecule has 0 saturated heterocycles. The monoisotopic (exact) mass is 224 g/mol. The van der Waals surface area contributed by atoms with Gasteiger partial charge in [0.05, 0.1) is 18.2 Å². The van der Waals surface area contributed by atoms with Gasteiger partial charge in [-0.1, -0.05) is 6.07 Å². The quantitative estimate of drug-likeness (QED) is 0.568. The predicted molar refractivity (Wildman–Crippen MR) is 55.1 cm³/mol. The molecule has 16 heavy (non-hydrogen) atoms. The minimum Gasteiger partial charge on any atom is -0.465 e. The van der Waals surface area contributed by atoms with E-state index < -0.39 is 11.9 Å². The van der Waals surface area contributed by atoms with Crippen LogP contribution in [0.25, 0.3) is 0 Å². The summed E-state index contributed by atoms with van der Waals surface area (Å²) in [6.45, 7) is -0.124. The standard InChI is InChI=1S/C11H12O5/c1-14-7-16-11(13)9-5-3-4-8(6-9)10(12)15-2/h3-6H,7H2,1-2H3. The Balaban J connectivity index is 2.81. The van der Waals surface area contributed by atoms with E-state index in [0.29, 0.717) is 5.56 Å². The van der Waals surface area contributed by atoms with Gasteiger partial charge in [-0.05, 0) is 18.2 Å². The van der Waals surface area contributed by atoms with Crippen LogP contribution < -0.4 is 0 Å². The third-order valence-corrected chi connectivity index (χ3v) is 1.83. The van der Waals surface area contributed by atoms with Crippen LogP contribution in [0.3, 0.4) is 0 Å². The van der Waals surface area contributed by atoms with Crippen molar-refractivity contribution in [2.24, 2.45) is 0 Å². The zero-order valence-electron chi connectivity index (χ0n) is 9.06. The summed E-state index contributed by atoms with van der Waals surface area (Å²) in [7, 11) is 2.69. The van der Waals surface area contributed by atoms with Crippen LogP contribution in [0.4, 0.5) is 0 Å². The van der Waals surface area contributed by atoms with E-state index in [1.807, 2.05) is 0 Å². The van der Waals surface area contributed by atoms with Crippen molar-refractivity contribution in [3.05, 3.63) is 35.4 Å². The fraction of sp³-hybridized carbons (Fsp3) is 0.273. The Morgan fingerprint density at radius 2 is 1.75 bits per heavy atom. The summed E-state index contributed by atoms with van der Waals surface area (Å²) in [6, 6.07) is 6.09. The van der Waals surface area contributed by atoms with Crippen LogP contribution in [0.5, 0.6) is 0 Å². The predicted octanol–water partition coefficient (Wildman–Crippen LogP) is 1.23. The molecule has 0 amide bonds. The zero-order chi connectivity index (χ0) is 12.0. The number of carbonyl (C=O) groups excluding carboxylic acids is 2. The summed E-state index contributed by atoms with van der Waals surface area (Å²) in [4.78, 5) is 22.6. The highest BCUT2D eigenvalue weighted by molar-refractivity contribution is 5.95. The number of rotatable bonds is 4. The number of hydrogen-bond donors (Lipinski definition) is 0. The van der Waals surface area contributed by atoms with Gasteiger partial charge in [0.25, 0.3) is 0 Å². The van der Waals surface area contributed by atoms with Crippen LogP contribution in [-0.2, 0) is 14.2 Å². The minimum absolute atomic E-state index is 0.124. The second-order valence-electron chi connectivity index (χ2n) is 2.91. The molecule has 0 aliphatic rings. The van der Waals surface area contributed by atoms with Gasteiger partial charge in [-0.3, -0.25) is 0 Å². The van der Waals surface area contributed by atoms with Crippen molar-refractivity contribution < 1.29 is 23.8 Å². The van der Waals surface area contributed by atoms with Crippen molar-refractivity contribution in [3.63, 3.8) is 0 Å². The largest absolute Gasteiger partial charge is 0.465 e. The Morgan fingerprint density at radius 1 is 1.12 bits per heavy atom. The first kappa shape index (κ1) is 12.2. The Labute approximate surface area is 92.9 Å². The first-order chi connectivity index (χ1) is 7.69. The first-order valence-electron chi connectivity index (χ1n) is 4.53. The maximum Gasteiger partial charge on any atom is 0.340 e. The van der Waals surface area contributed by atoms with Gasteiger partial charge in [0.1, 0.15) is 0 Å². The van der Waals surface area contributed by atoms with E-state index in [1.54, 1.807) is 18.2 Å². The normalized spacial score (nSPS) is 9.62. The molecule has 1 rings (SSSR count). The maximum absolute atomic E-state index is 11.4. The van der Waals surface area contributed by atoms with E-state index in [1.165, 1.54) is 20.3 Å². The highest BCUT2D eigenvalue weighted by atomic mass is 16.7. The van der Waals surface area contributed by atoms with E-state index in [-0.39, 0.29) is 12.4 Å². The third kappa shape index (κ3) is 3.06. The molecular formula is C11H12O5. The topological polar surface area (TPSA) is 61.8 Å². The second kappa shape index (κ2) is 5.87. The van der Waals surface area contributed by atoms with E-state index in [2.05, 4.69) is 9.47 Å². The van der Waals surface area contributed by atoms with Gasteiger partial charge in [-0.15, -0.1) is 0 Å². The lowest BCUT2D eigenvalue weighted by Gasteiger charge is -2.04. The number of esters is 2. The van der Waals surface area contributed by atoms with E-state index in [9.17, 15) is 9.59 Å². The second-order valence-corrected chi connectivity index (χ2v) is 2.91. The average molecular weight is 224 g/mol. The summed E-state index contributed by atoms with van der Waals surface area (Å²) >= 11 is 0. The molecule has 0 heterocycles. The highest BCUT2D eigenvalue weighted by Gasteiger charge is 2.11. The van der Waals surface area contributed by atoms with Gasteiger partial charge in [0, 0.05) is 7.11 Å². The van der Waals surface area contributed by atoms with Crippen molar-refractivity contribution >= 4 is 11.9 Å². The van der Waals surface area contributed by atoms with Crippen LogP contribution in [0.2, 0.25) is 0 Å². The van der Waals surface area contributed by atoms with Crippen LogP contribution in [0.15, 0.2) is 24.3 Å². The summed E-state index contributed by atoms with van der Waals surface area (Å²) in [5.74, 6) is -1.05. The fourth-order valence-electron chi connectivity index (χ4n) is 1.09. The summed E-state index contributed by atoms with van der Waals surface area (Å²) in [6.07, 6.45) is 0. The first-order valence-corrected chi connectivity index (χ1v) is 4.53. The number of benzene rings is 1. The van der Waals surface area contributed by atoms with E-state index >= 15 is 0 Å². The minimum atomic E-state index is -0.549. The molecular weight excluding hydrogens is 212 g/mol. The maximum atomic E-state index is 11.4. The van der Waals surface area contributed by atoms with Gasteiger partial charge in [-0.25, -0.2) is 9.59 Å². The number of methoxy groups -OCH3 is 2. The molecule has 0 saturated carbocycles. The fourth-order valence-corrected chi connectivity index (χ4v) is 1.09. The molecule has 5 nitrogen and oxygen atoms in total. The average Bonchev–Trinajstić information content (AvgIpc) is 2.35. The molecule has 1 aromatic rings. The molecule has 0 N–H and O–H groups in total. The van der Waals surface area contributed by atoms with Crippen LogP contribution >= 0.6 is 0 Å². The van der Waals surface area contributed by atoms with E-state index in [0.717, 1.165) is 0 Å². The van der Waals surface area contributed by atoms with Crippen LogP contribution in [-0.4, -0.2) is 33.0 Å². The molecule has 0 aromatic heterocycles. The van der Waals surface area contributed by atoms with Crippen molar-refractivity contribution in [1.82, 2.24) is 0 Å². The van der Waals surface area contributed by atoms with Crippen molar-refractivity contribution in [2.75, 3.05) is 21.0 Å². The van der Waals surface area contributed by atoms with Gasteiger partial charge in [-0.2, -0.15) is 0 Å². The molecule has 0 spiro atoms. The summed E-state index contributed by atoms with van der Waals surface area (Å²) < 4.78 is 13.9. The van der Waals surface area contributed by atoms with Gasteiger partial charge >= 0.3 is 11.9 Å². The van der Waals surface area contributed by atoms with Crippen molar-refractivity contribution in [3.8, 4) is 0 Å². The molecule has 0 atom stereocenters. The Morgan fingerprint density at radius 3 is 2.31 bits per heavy atom. The summed E-state index contributed by atoms with van der Waals surface area (Å²) in [5, 5.41) is 0. The van der Waals surface area contributed by atoms with Crippen molar-refractivity contribution in [1.29, 1.82) is 0 Å². The lowest BCUT2D eigenvalue weighted by atomic mass is 10.1. The SMILES string of the molecule is COCOC(=O)c1cccc(C(=O)OC)c1. The lowest BCUT2D eigenvalue weighted by molar-refractivity contribution is -0.0125. The third-order valence-electron chi connectivity index (χ3n) is 1.83. The lowest BCUT2D eigenvalue weighted by Crippen LogP contribution is -2.09. The number of carbonyl (C=O) groups is 2. The molecule has 0 aliphatic heterocycles. The Hall–Kier alpha value is -1.88. The molecule has 1 aromatic carbocycles. The number of ether oxygens (including phenoxy) is 3. The van der Waals surface area contributed by atoms with Gasteiger partial charge in [0.15, 0.2) is 6.79 Å². The van der Waals surface area contributed by atoms with Crippen molar-refractivity contribution in [2.45, 2.75) is 0 Å². The van der Waals surface area contributed by atoms with Crippen LogP contribution in [0, 0.1) is 0 Å². The Bertz CT molecular complexity index is 386. The molecule has 0 fully saturated rings. The van der Waals surface area contributed by atoms with Gasteiger partial charge in [0.2, 0.25) is 0 Å².